The monoisotopic (exact) mass is 277 g/mol. The Morgan fingerprint density at radius 2 is 2.15 bits per heavy atom. The summed E-state index contributed by atoms with van der Waals surface area (Å²) >= 11 is 0. The molecule has 0 atom stereocenters. The van der Waals surface area contributed by atoms with Crippen molar-refractivity contribution in [3.8, 4) is 5.75 Å². The fraction of sp³-hybridized carbons (Fsp3) is 0.533. The fourth-order valence-electron chi connectivity index (χ4n) is 2.56. The summed E-state index contributed by atoms with van der Waals surface area (Å²) in [5.74, 6) is 0.350. The molecule has 5 nitrogen and oxygen atoms in total. The molecule has 1 aromatic carbocycles. The highest BCUT2D eigenvalue weighted by Gasteiger charge is 2.15. The summed E-state index contributed by atoms with van der Waals surface area (Å²) in [6.45, 7) is 4.08. The number of nitrogens with two attached hydrogens (primary N) is 1. The van der Waals surface area contributed by atoms with Gasteiger partial charge >= 0.3 is 0 Å². The van der Waals surface area contributed by atoms with Gasteiger partial charge in [0.15, 0.2) is 0 Å². The number of ether oxygens (including phenoxy) is 1. The third kappa shape index (κ3) is 3.63. The lowest BCUT2D eigenvalue weighted by Crippen LogP contribution is -2.29. The summed E-state index contributed by atoms with van der Waals surface area (Å²) in [6, 6.07) is 5.23. The standard InChI is InChI=1S/C15H23N3O2/c1-20-13-7-4-6-12(16)14(13)15(19)17-8-5-11-18-9-2-3-10-18/h4,6-7H,2-3,5,8-11,16H2,1H3,(H,17,19). The third-order valence-electron chi connectivity index (χ3n) is 3.64. The number of carbonyl (C=O) groups excluding carboxylic acids is 1. The third-order valence-corrected chi connectivity index (χ3v) is 3.64. The van der Waals surface area contributed by atoms with Gasteiger partial charge in [-0.1, -0.05) is 6.07 Å². The van der Waals surface area contributed by atoms with Crippen LogP contribution in [0.1, 0.15) is 29.6 Å². The molecule has 1 aliphatic heterocycles. The minimum atomic E-state index is -0.165. The molecule has 1 amide bonds. The Kier molecular flexibility index (Phi) is 5.24. The maximum absolute atomic E-state index is 12.2. The summed E-state index contributed by atoms with van der Waals surface area (Å²) in [5, 5.41) is 2.91. The molecule has 1 heterocycles. The molecule has 0 aromatic heterocycles. The molecule has 1 aromatic rings. The average molecular weight is 277 g/mol. The van der Waals surface area contributed by atoms with Gasteiger partial charge in [-0.25, -0.2) is 0 Å². The molecule has 20 heavy (non-hydrogen) atoms. The SMILES string of the molecule is COc1cccc(N)c1C(=O)NCCCN1CCCC1. The second-order valence-corrected chi connectivity index (χ2v) is 5.08. The second-order valence-electron chi connectivity index (χ2n) is 5.08. The quantitative estimate of drug-likeness (QED) is 0.611. The molecule has 0 saturated carbocycles. The van der Waals surface area contributed by atoms with Crippen LogP contribution in [0.25, 0.3) is 0 Å². The normalized spacial score (nSPS) is 15.2. The summed E-state index contributed by atoms with van der Waals surface area (Å²) in [7, 11) is 1.54. The first-order valence-corrected chi connectivity index (χ1v) is 7.15. The maximum atomic E-state index is 12.2. The Balaban J connectivity index is 1.82. The van der Waals surface area contributed by atoms with Gasteiger partial charge in [0.25, 0.3) is 5.91 Å². The van der Waals surface area contributed by atoms with Gasteiger partial charge in [0.2, 0.25) is 0 Å². The number of rotatable bonds is 6. The van der Waals surface area contributed by atoms with Crippen molar-refractivity contribution in [1.29, 1.82) is 0 Å². The van der Waals surface area contributed by atoms with Gasteiger partial charge in [0.1, 0.15) is 11.3 Å². The van der Waals surface area contributed by atoms with Crippen molar-refractivity contribution in [2.75, 3.05) is 39.0 Å². The Bertz CT molecular complexity index is 456. The highest BCUT2D eigenvalue weighted by atomic mass is 16.5. The first-order valence-electron chi connectivity index (χ1n) is 7.15. The molecule has 1 saturated heterocycles. The predicted octanol–water partition coefficient (Wildman–Crippen LogP) is 1.49. The van der Waals surface area contributed by atoms with Crippen LogP contribution in [0.2, 0.25) is 0 Å². The number of nitrogen functional groups attached to an aromatic ring is 1. The van der Waals surface area contributed by atoms with Crippen molar-refractivity contribution in [3.05, 3.63) is 23.8 Å². The molecule has 1 aliphatic rings. The molecular formula is C15H23N3O2. The van der Waals surface area contributed by atoms with E-state index >= 15 is 0 Å². The van der Waals surface area contributed by atoms with Gasteiger partial charge in [0.05, 0.1) is 7.11 Å². The van der Waals surface area contributed by atoms with Crippen molar-refractivity contribution in [2.45, 2.75) is 19.3 Å². The topological polar surface area (TPSA) is 67.6 Å². The van der Waals surface area contributed by atoms with Crippen LogP contribution < -0.4 is 15.8 Å². The minimum Gasteiger partial charge on any atom is -0.496 e. The van der Waals surface area contributed by atoms with E-state index in [0.717, 1.165) is 13.0 Å². The first kappa shape index (κ1) is 14.7. The highest BCUT2D eigenvalue weighted by Crippen LogP contribution is 2.23. The zero-order valence-electron chi connectivity index (χ0n) is 12.0. The zero-order valence-corrected chi connectivity index (χ0v) is 12.0. The average Bonchev–Trinajstić information content (AvgIpc) is 2.96. The van der Waals surface area contributed by atoms with Gasteiger partial charge < -0.3 is 20.7 Å². The minimum absolute atomic E-state index is 0.165. The van der Waals surface area contributed by atoms with E-state index in [1.54, 1.807) is 25.3 Å². The lowest BCUT2D eigenvalue weighted by molar-refractivity contribution is 0.0950. The number of hydrogen-bond acceptors (Lipinski definition) is 4. The van der Waals surface area contributed by atoms with E-state index in [0.29, 0.717) is 23.5 Å². The van der Waals surface area contributed by atoms with Gasteiger partial charge in [-0.05, 0) is 51.0 Å². The molecule has 5 heteroatoms. The molecule has 2 rings (SSSR count). The number of carbonyl (C=O) groups is 1. The van der Waals surface area contributed by atoms with Crippen molar-refractivity contribution in [3.63, 3.8) is 0 Å². The number of anilines is 1. The first-order chi connectivity index (χ1) is 9.72. The smallest absolute Gasteiger partial charge is 0.257 e. The number of amides is 1. The van der Waals surface area contributed by atoms with E-state index in [1.165, 1.54) is 25.9 Å². The van der Waals surface area contributed by atoms with E-state index in [-0.39, 0.29) is 5.91 Å². The van der Waals surface area contributed by atoms with Gasteiger partial charge in [0, 0.05) is 12.2 Å². The van der Waals surface area contributed by atoms with Crippen LogP contribution in [-0.2, 0) is 0 Å². The summed E-state index contributed by atoms with van der Waals surface area (Å²) < 4.78 is 5.19. The van der Waals surface area contributed by atoms with Gasteiger partial charge in [-0.15, -0.1) is 0 Å². The van der Waals surface area contributed by atoms with Crippen LogP contribution in [0.4, 0.5) is 5.69 Å². The molecule has 1 fully saturated rings. The number of benzene rings is 1. The summed E-state index contributed by atoms with van der Waals surface area (Å²) in [4.78, 5) is 14.6. The molecule has 0 spiro atoms. The van der Waals surface area contributed by atoms with Crippen LogP contribution in [0.3, 0.4) is 0 Å². The number of likely N-dealkylation sites (tertiary alicyclic amines) is 1. The van der Waals surface area contributed by atoms with E-state index in [4.69, 9.17) is 10.5 Å². The molecule has 0 unspecified atom stereocenters. The largest absolute Gasteiger partial charge is 0.496 e. The number of methoxy groups -OCH3 is 1. The maximum Gasteiger partial charge on any atom is 0.257 e. The molecule has 110 valence electrons. The van der Waals surface area contributed by atoms with Crippen LogP contribution in [0, 0.1) is 0 Å². The number of nitrogens with one attached hydrogen (secondary N) is 1. The second kappa shape index (κ2) is 7.14. The van der Waals surface area contributed by atoms with E-state index in [9.17, 15) is 4.79 Å². The highest BCUT2D eigenvalue weighted by molar-refractivity contribution is 6.01. The van der Waals surface area contributed by atoms with Crippen molar-refractivity contribution < 1.29 is 9.53 Å². The Morgan fingerprint density at radius 3 is 2.85 bits per heavy atom. The van der Waals surface area contributed by atoms with Crippen LogP contribution in [0.15, 0.2) is 18.2 Å². The molecule has 3 N–H and O–H groups in total. The lowest BCUT2D eigenvalue weighted by atomic mass is 10.1. The zero-order chi connectivity index (χ0) is 14.4. The predicted molar refractivity (Wildman–Crippen MR) is 80.0 cm³/mol. The summed E-state index contributed by atoms with van der Waals surface area (Å²) in [6.07, 6.45) is 3.55. The lowest BCUT2D eigenvalue weighted by Gasteiger charge is -2.15. The van der Waals surface area contributed by atoms with Crippen LogP contribution >= 0.6 is 0 Å². The van der Waals surface area contributed by atoms with Crippen molar-refractivity contribution in [1.82, 2.24) is 10.2 Å². The van der Waals surface area contributed by atoms with Crippen LogP contribution in [0.5, 0.6) is 5.75 Å². The molecule has 0 bridgehead atoms. The number of hydrogen-bond donors (Lipinski definition) is 2. The van der Waals surface area contributed by atoms with Crippen LogP contribution in [-0.4, -0.2) is 44.1 Å². The van der Waals surface area contributed by atoms with Crippen molar-refractivity contribution in [2.24, 2.45) is 0 Å². The fourth-order valence-corrected chi connectivity index (χ4v) is 2.56. The molecular weight excluding hydrogens is 254 g/mol. The van der Waals surface area contributed by atoms with E-state index in [1.807, 2.05) is 0 Å². The Labute approximate surface area is 120 Å². The Morgan fingerprint density at radius 1 is 1.40 bits per heavy atom. The van der Waals surface area contributed by atoms with E-state index < -0.39 is 0 Å². The van der Waals surface area contributed by atoms with E-state index in [2.05, 4.69) is 10.2 Å². The van der Waals surface area contributed by atoms with Crippen molar-refractivity contribution >= 4 is 11.6 Å². The summed E-state index contributed by atoms with van der Waals surface area (Å²) in [5.41, 5.74) is 6.73. The van der Waals surface area contributed by atoms with Gasteiger partial charge in [-0.2, -0.15) is 0 Å². The Hall–Kier alpha value is -1.75. The number of nitrogens with zero attached hydrogens (tertiary/aromatic N) is 1. The molecule has 0 radical (unpaired) electrons. The van der Waals surface area contributed by atoms with Gasteiger partial charge in [-0.3, -0.25) is 4.79 Å². The molecule has 0 aliphatic carbocycles.